The summed E-state index contributed by atoms with van der Waals surface area (Å²) >= 11 is 0. The van der Waals surface area contributed by atoms with Gasteiger partial charge in [-0.2, -0.15) is 4.31 Å². The van der Waals surface area contributed by atoms with Gasteiger partial charge in [-0.1, -0.05) is 6.92 Å². The van der Waals surface area contributed by atoms with Crippen molar-refractivity contribution in [3.8, 4) is 0 Å². The molecule has 0 unspecified atom stereocenters. The van der Waals surface area contributed by atoms with Gasteiger partial charge in [0.05, 0.1) is 6.26 Å². The maximum Gasteiger partial charge on any atom is 0.243 e. The molecular weight excluding hydrogens is 318 g/mol. The number of sulfonamides is 1. The van der Waals surface area contributed by atoms with E-state index in [0.29, 0.717) is 19.0 Å². The zero-order valence-electron chi connectivity index (χ0n) is 14.5. The topological polar surface area (TPSA) is 94.1 Å². The molecule has 1 saturated heterocycles. The van der Waals surface area contributed by atoms with Gasteiger partial charge in [-0.3, -0.25) is 4.79 Å². The van der Waals surface area contributed by atoms with Crippen molar-refractivity contribution in [3.05, 3.63) is 0 Å². The lowest BCUT2D eigenvalue weighted by atomic mass is 10.2. The first-order valence-electron chi connectivity index (χ1n) is 7.94. The van der Waals surface area contributed by atoms with Gasteiger partial charge in [0.25, 0.3) is 0 Å². The van der Waals surface area contributed by atoms with Crippen LogP contribution in [0.15, 0.2) is 4.99 Å². The fourth-order valence-corrected chi connectivity index (χ4v) is 3.55. The summed E-state index contributed by atoms with van der Waals surface area (Å²) in [5, 5.41) is 6.30. The number of guanidine groups is 1. The van der Waals surface area contributed by atoms with Crippen LogP contribution < -0.4 is 10.6 Å². The zero-order valence-corrected chi connectivity index (χ0v) is 15.3. The summed E-state index contributed by atoms with van der Waals surface area (Å²) in [6.45, 7) is 3.89. The predicted molar refractivity (Wildman–Crippen MR) is 91.9 cm³/mol. The van der Waals surface area contributed by atoms with Gasteiger partial charge in [0, 0.05) is 39.8 Å². The zero-order chi connectivity index (χ0) is 17.5. The summed E-state index contributed by atoms with van der Waals surface area (Å²) in [5.74, 6) is 0.462. The average molecular weight is 347 g/mol. The number of likely N-dealkylation sites (N-methyl/N-ethyl adjacent to an activating group) is 1. The van der Waals surface area contributed by atoms with Crippen LogP contribution in [0.4, 0.5) is 0 Å². The van der Waals surface area contributed by atoms with Crippen molar-refractivity contribution in [2.24, 2.45) is 4.99 Å². The highest BCUT2D eigenvalue weighted by Crippen LogP contribution is 2.19. The van der Waals surface area contributed by atoms with Gasteiger partial charge in [0.15, 0.2) is 5.96 Å². The summed E-state index contributed by atoms with van der Waals surface area (Å²) in [6.07, 6.45) is 3.87. The largest absolute Gasteiger partial charge is 0.356 e. The molecule has 0 aliphatic carbocycles. The second-order valence-electron chi connectivity index (χ2n) is 5.93. The molecule has 1 aliphatic heterocycles. The molecule has 8 nitrogen and oxygen atoms in total. The van der Waals surface area contributed by atoms with E-state index in [1.807, 2.05) is 6.92 Å². The van der Waals surface area contributed by atoms with E-state index in [2.05, 4.69) is 15.6 Å². The minimum atomic E-state index is -3.18. The second kappa shape index (κ2) is 9.07. The monoisotopic (exact) mass is 347 g/mol. The van der Waals surface area contributed by atoms with Crippen LogP contribution in [0, 0.1) is 0 Å². The Bertz CT molecular complexity index is 519. The number of aliphatic imine (C=N–C) groups is 1. The molecule has 1 amide bonds. The van der Waals surface area contributed by atoms with Crippen LogP contribution in [0.25, 0.3) is 0 Å². The molecule has 23 heavy (non-hydrogen) atoms. The van der Waals surface area contributed by atoms with E-state index < -0.39 is 10.0 Å². The lowest BCUT2D eigenvalue weighted by Gasteiger charge is -2.23. The second-order valence-corrected chi connectivity index (χ2v) is 7.87. The molecule has 0 spiro atoms. The fourth-order valence-electron chi connectivity index (χ4n) is 2.37. The number of carbonyl (C=O) groups is 1. The van der Waals surface area contributed by atoms with Crippen LogP contribution in [-0.2, 0) is 14.8 Å². The van der Waals surface area contributed by atoms with Crippen molar-refractivity contribution in [2.75, 3.05) is 46.5 Å². The molecule has 0 aromatic heterocycles. The summed E-state index contributed by atoms with van der Waals surface area (Å²) in [5.41, 5.74) is 0. The van der Waals surface area contributed by atoms with E-state index in [1.54, 1.807) is 14.1 Å². The Balaban J connectivity index is 2.63. The molecule has 0 saturated carbocycles. The molecule has 0 aromatic carbocycles. The van der Waals surface area contributed by atoms with Crippen LogP contribution in [-0.4, -0.2) is 82.1 Å². The summed E-state index contributed by atoms with van der Waals surface area (Å²) in [7, 11) is 0.194. The summed E-state index contributed by atoms with van der Waals surface area (Å²) in [4.78, 5) is 17.4. The fraction of sp³-hybridized carbons (Fsp3) is 0.857. The van der Waals surface area contributed by atoms with Gasteiger partial charge in [0.1, 0.15) is 6.54 Å². The van der Waals surface area contributed by atoms with E-state index in [4.69, 9.17) is 0 Å². The van der Waals surface area contributed by atoms with Crippen molar-refractivity contribution in [1.82, 2.24) is 19.8 Å². The lowest BCUT2D eigenvalue weighted by molar-refractivity contribution is -0.127. The highest BCUT2D eigenvalue weighted by molar-refractivity contribution is 7.88. The van der Waals surface area contributed by atoms with Crippen molar-refractivity contribution < 1.29 is 13.2 Å². The third-order valence-electron chi connectivity index (χ3n) is 3.67. The number of carbonyl (C=O) groups excluding carboxylic acids is 1. The number of rotatable bonds is 7. The van der Waals surface area contributed by atoms with E-state index in [9.17, 15) is 13.2 Å². The minimum Gasteiger partial charge on any atom is -0.356 e. The molecule has 1 atom stereocenters. The van der Waals surface area contributed by atoms with Gasteiger partial charge in [-0.05, 0) is 19.3 Å². The van der Waals surface area contributed by atoms with Gasteiger partial charge in [0.2, 0.25) is 15.9 Å². The predicted octanol–water partition coefficient (Wildman–Crippen LogP) is -0.556. The Kier molecular flexibility index (Phi) is 7.77. The Morgan fingerprint density at radius 1 is 1.35 bits per heavy atom. The highest BCUT2D eigenvalue weighted by Gasteiger charge is 2.31. The Morgan fingerprint density at radius 3 is 2.61 bits per heavy atom. The normalized spacial score (nSPS) is 19.7. The molecule has 1 rings (SSSR count). The molecule has 2 N–H and O–H groups in total. The first kappa shape index (κ1) is 19.7. The van der Waals surface area contributed by atoms with Crippen molar-refractivity contribution in [2.45, 2.75) is 32.2 Å². The third-order valence-corrected chi connectivity index (χ3v) is 5.00. The number of hydrogen-bond donors (Lipinski definition) is 2. The van der Waals surface area contributed by atoms with Gasteiger partial charge in [-0.15, -0.1) is 0 Å². The van der Waals surface area contributed by atoms with Crippen LogP contribution in [0.5, 0.6) is 0 Å². The minimum absolute atomic E-state index is 0.0620. The molecule has 9 heteroatoms. The standard InChI is InChI=1S/C14H29N5O3S/c1-5-8-15-14(17-11-13(20)18(2)3)16-10-12-7-6-9-19(12)23(4,21)22/h12H,5-11H2,1-4H3,(H2,15,16,17)/t12-/m1/s1. The third kappa shape index (κ3) is 6.74. The maximum atomic E-state index is 11.8. The Hall–Kier alpha value is -1.35. The molecule has 0 radical (unpaired) electrons. The van der Waals surface area contributed by atoms with E-state index in [1.165, 1.54) is 15.5 Å². The number of hydrogen-bond acceptors (Lipinski definition) is 4. The van der Waals surface area contributed by atoms with Crippen LogP contribution in [0.1, 0.15) is 26.2 Å². The smallest absolute Gasteiger partial charge is 0.243 e. The van der Waals surface area contributed by atoms with Crippen LogP contribution >= 0.6 is 0 Å². The first-order chi connectivity index (χ1) is 10.8. The van der Waals surface area contributed by atoms with Crippen molar-refractivity contribution >= 4 is 21.9 Å². The summed E-state index contributed by atoms with van der Waals surface area (Å²) < 4.78 is 25.0. The SMILES string of the molecule is CCCNC(=NCC(=O)N(C)C)NC[C@H]1CCCN1S(C)(=O)=O. The van der Waals surface area contributed by atoms with Crippen LogP contribution in [0.3, 0.4) is 0 Å². The number of amides is 1. The number of nitrogens with one attached hydrogen (secondary N) is 2. The van der Waals surface area contributed by atoms with Crippen molar-refractivity contribution in [3.63, 3.8) is 0 Å². The highest BCUT2D eigenvalue weighted by atomic mass is 32.2. The first-order valence-corrected chi connectivity index (χ1v) is 9.79. The maximum absolute atomic E-state index is 11.8. The van der Waals surface area contributed by atoms with Gasteiger partial charge < -0.3 is 15.5 Å². The molecule has 1 fully saturated rings. The van der Waals surface area contributed by atoms with Gasteiger partial charge >= 0.3 is 0 Å². The average Bonchev–Trinajstić information content (AvgIpc) is 2.94. The quantitative estimate of drug-likeness (QED) is 0.476. The Labute approximate surface area is 139 Å². The van der Waals surface area contributed by atoms with Crippen molar-refractivity contribution in [1.29, 1.82) is 0 Å². The van der Waals surface area contributed by atoms with Crippen LogP contribution in [0.2, 0.25) is 0 Å². The summed E-state index contributed by atoms with van der Waals surface area (Å²) in [6, 6.07) is -0.0665. The molecule has 134 valence electrons. The van der Waals surface area contributed by atoms with E-state index >= 15 is 0 Å². The molecular formula is C14H29N5O3S. The lowest BCUT2D eigenvalue weighted by Crippen LogP contribution is -2.46. The van der Waals surface area contributed by atoms with Gasteiger partial charge in [-0.25, -0.2) is 13.4 Å². The number of nitrogens with zero attached hydrogens (tertiary/aromatic N) is 3. The molecule has 0 aromatic rings. The molecule has 1 aliphatic rings. The molecule has 0 bridgehead atoms. The molecule has 1 heterocycles. The van der Waals surface area contributed by atoms with E-state index in [-0.39, 0.29) is 18.5 Å². The Morgan fingerprint density at radius 2 is 2.04 bits per heavy atom. The van der Waals surface area contributed by atoms with E-state index in [0.717, 1.165) is 25.8 Å².